The first-order valence-corrected chi connectivity index (χ1v) is 16.3. The van der Waals surface area contributed by atoms with Crippen LogP contribution in [0.2, 0.25) is 0 Å². The van der Waals surface area contributed by atoms with Gasteiger partial charge in [-0.1, -0.05) is 128 Å². The lowest BCUT2D eigenvalue weighted by atomic mass is 9.95. The highest BCUT2D eigenvalue weighted by atomic mass is 14.1. The maximum atomic E-state index is 2.42. The van der Waals surface area contributed by atoms with Crippen LogP contribution >= 0.6 is 0 Å². The summed E-state index contributed by atoms with van der Waals surface area (Å²) in [6.07, 6.45) is 39.1. The van der Waals surface area contributed by atoms with E-state index in [-0.39, 0.29) is 0 Å². The van der Waals surface area contributed by atoms with Gasteiger partial charge in [-0.2, -0.15) is 0 Å². The summed E-state index contributed by atoms with van der Waals surface area (Å²) in [5, 5.41) is 0. The lowest BCUT2D eigenvalue weighted by molar-refractivity contribution is 0.450. The van der Waals surface area contributed by atoms with Crippen LogP contribution in [0.4, 0.5) is 0 Å². The molecule has 0 saturated heterocycles. The first kappa shape index (κ1) is 37.9. The molecule has 0 saturated carbocycles. The van der Waals surface area contributed by atoms with Gasteiger partial charge in [-0.15, -0.1) is 0 Å². The van der Waals surface area contributed by atoms with Gasteiger partial charge in [0.15, 0.2) is 0 Å². The fraction of sp³-hybridized carbons (Fsp3) is 0.600. The molecule has 0 aliphatic heterocycles. The molecule has 0 heterocycles. The quantitative estimate of drug-likeness (QED) is 0.0991. The van der Waals surface area contributed by atoms with Crippen LogP contribution in [0.3, 0.4) is 0 Å². The van der Waals surface area contributed by atoms with Gasteiger partial charge in [-0.05, 0) is 124 Å². The molecule has 0 aliphatic rings. The van der Waals surface area contributed by atoms with Crippen molar-refractivity contribution < 1.29 is 0 Å². The summed E-state index contributed by atoms with van der Waals surface area (Å²) in [5.74, 6) is 1.96. The van der Waals surface area contributed by atoms with Gasteiger partial charge in [-0.25, -0.2) is 0 Å². The third-order valence-corrected chi connectivity index (χ3v) is 7.45. The molecule has 0 bridgehead atoms. The second-order valence-electron chi connectivity index (χ2n) is 12.9. The fourth-order valence-corrected chi connectivity index (χ4v) is 4.58. The number of hydrogen-bond donors (Lipinski definition) is 0. The predicted octanol–water partition coefficient (Wildman–Crippen LogP) is 13.6. The Morgan fingerprint density at radius 2 is 1.05 bits per heavy atom. The average Bonchev–Trinajstić information content (AvgIpc) is 2.86. The van der Waals surface area contributed by atoms with Crippen molar-refractivity contribution in [3.8, 4) is 0 Å². The molecule has 226 valence electrons. The van der Waals surface area contributed by atoms with E-state index in [9.17, 15) is 0 Å². The van der Waals surface area contributed by atoms with Gasteiger partial charge in [0.25, 0.3) is 0 Å². The minimum atomic E-state index is 0.495. The molecule has 0 rings (SSSR count). The zero-order chi connectivity index (χ0) is 30.2. The van der Waals surface area contributed by atoms with E-state index in [1.54, 1.807) is 0 Å². The summed E-state index contributed by atoms with van der Waals surface area (Å²) in [6.45, 7) is 22.5. The molecule has 0 fully saturated rings. The van der Waals surface area contributed by atoms with E-state index in [0.29, 0.717) is 11.8 Å². The highest BCUT2D eigenvalue weighted by Crippen LogP contribution is 2.18. The van der Waals surface area contributed by atoms with Gasteiger partial charge in [-0.3, -0.25) is 0 Å². The van der Waals surface area contributed by atoms with E-state index in [4.69, 9.17) is 0 Å². The third kappa shape index (κ3) is 26.2. The van der Waals surface area contributed by atoms with Crippen molar-refractivity contribution in [3.63, 3.8) is 0 Å². The molecular weight excluding hydrogens is 480 g/mol. The Balaban J connectivity index is 4.13. The van der Waals surface area contributed by atoms with Crippen molar-refractivity contribution in [1.82, 2.24) is 0 Å². The highest BCUT2D eigenvalue weighted by Gasteiger charge is 2.03. The average molecular weight is 547 g/mol. The molecule has 0 radical (unpaired) electrons. The van der Waals surface area contributed by atoms with E-state index >= 15 is 0 Å². The summed E-state index contributed by atoms with van der Waals surface area (Å²) in [7, 11) is 0. The Morgan fingerprint density at radius 3 is 1.62 bits per heavy atom. The Labute approximate surface area is 251 Å². The zero-order valence-corrected chi connectivity index (χ0v) is 28.4. The number of hydrogen-bond acceptors (Lipinski definition) is 0. The second kappa shape index (κ2) is 24.7. The standard InChI is InChI=1S/C40H66/c1-33(2)19-13-23-37(7)27-17-31-39(9)29-15-25-35(5)21-11-12-22-36(6)26-16-30-40(10)32-18-28-38(8)24-14-20-34(3)4/h11,15,18-21,25,27-29,32,35-36,40H,12-14,16-17,22-24,26,30-31H2,1-10H3/b21-11+,25-15+,32-18+,37-27+,38-28+,39-29+. The molecule has 3 unspecified atom stereocenters. The molecule has 0 amide bonds. The Kier molecular flexibility index (Phi) is 23.4. The van der Waals surface area contributed by atoms with Crippen LogP contribution < -0.4 is 0 Å². The van der Waals surface area contributed by atoms with Crippen LogP contribution in [0.15, 0.2) is 94.7 Å². The monoisotopic (exact) mass is 547 g/mol. The van der Waals surface area contributed by atoms with Crippen molar-refractivity contribution in [1.29, 1.82) is 0 Å². The minimum Gasteiger partial charge on any atom is -0.0879 e. The highest BCUT2D eigenvalue weighted by molar-refractivity contribution is 5.14. The largest absolute Gasteiger partial charge is 0.0879 e. The lowest BCUT2D eigenvalue weighted by Gasteiger charge is -2.11. The van der Waals surface area contributed by atoms with Crippen molar-refractivity contribution in [2.24, 2.45) is 17.8 Å². The van der Waals surface area contributed by atoms with Gasteiger partial charge in [0.05, 0.1) is 0 Å². The molecular formula is C40H66. The van der Waals surface area contributed by atoms with Crippen molar-refractivity contribution in [2.75, 3.05) is 0 Å². The Bertz CT molecular complexity index is 884. The van der Waals surface area contributed by atoms with Gasteiger partial charge in [0, 0.05) is 0 Å². The van der Waals surface area contributed by atoms with Crippen LogP contribution in [0.1, 0.15) is 140 Å². The van der Waals surface area contributed by atoms with Crippen LogP contribution in [-0.2, 0) is 0 Å². The van der Waals surface area contributed by atoms with E-state index < -0.39 is 0 Å². The molecule has 40 heavy (non-hydrogen) atoms. The predicted molar refractivity (Wildman–Crippen MR) is 186 cm³/mol. The maximum absolute atomic E-state index is 2.42. The number of allylic oxidation sites excluding steroid dienone is 16. The molecule has 0 aromatic rings. The minimum absolute atomic E-state index is 0.495. The van der Waals surface area contributed by atoms with E-state index in [0.717, 1.165) is 31.6 Å². The lowest BCUT2D eigenvalue weighted by Crippen LogP contribution is -1.97. The molecule has 0 heteroatoms. The van der Waals surface area contributed by atoms with Crippen LogP contribution in [0.25, 0.3) is 0 Å². The zero-order valence-electron chi connectivity index (χ0n) is 28.4. The van der Waals surface area contributed by atoms with Crippen LogP contribution in [-0.4, -0.2) is 0 Å². The van der Waals surface area contributed by atoms with Crippen molar-refractivity contribution >= 4 is 0 Å². The summed E-state index contributed by atoms with van der Waals surface area (Å²) >= 11 is 0. The Hall–Kier alpha value is -2.08. The summed E-state index contributed by atoms with van der Waals surface area (Å²) < 4.78 is 0. The van der Waals surface area contributed by atoms with Gasteiger partial charge < -0.3 is 0 Å². The molecule has 0 aromatic carbocycles. The third-order valence-electron chi connectivity index (χ3n) is 7.45. The maximum Gasteiger partial charge on any atom is -0.00788 e. The molecule has 3 atom stereocenters. The van der Waals surface area contributed by atoms with Gasteiger partial charge in [0.1, 0.15) is 0 Å². The Morgan fingerprint density at radius 1 is 0.525 bits per heavy atom. The molecule has 0 aliphatic carbocycles. The smallest absolute Gasteiger partial charge is 0.00788 e. The van der Waals surface area contributed by atoms with Gasteiger partial charge >= 0.3 is 0 Å². The molecule has 0 N–H and O–H groups in total. The fourth-order valence-electron chi connectivity index (χ4n) is 4.58. The van der Waals surface area contributed by atoms with E-state index in [2.05, 4.69) is 136 Å². The molecule has 0 nitrogen and oxygen atoms in total. The first-order chi connectivity index (χ1) is 19.0. The van der Waals surface area contributed by atoms with Crippen LogP contribution in [0, 0.1) is 17.8 Å². The second-order valence-corrected chi connectivity index (χ2v) is 12.9. The summed E-state index contributed by atoms with van der Waals surface area (Å²) in [4.78, 5) is 0. The normalized spacial score (nSPS) is 15.7. The van der Waals surface area contributed by atoms with E-state index in [1.807, 2.05) is 0 Å². The topological polar surface area (TPSA) is 0 Å². The van der Waals surface area contributed by atoms with Crippen molar-refractivity contribution in [3.05, 3.63) is 94.7 Å². The van der Waals surface area contributed by atoms with Crippen molar-refractivity contribution in [2.45, 2.75) is 140 Å². The molecule has 0 spiro atoms. The van der Waals surface area contributed by atoms with E-state index in [1.165, 1.54) is 72.8 Å². The first-order valence-electron chi connectivity index (χ1n) is 16.3. The van der Waals surface area contributed by atoms with Crippen LogP contribution in [0.5, 0.6) is 0 Å². The van der Waals surface area contributed by atoms with Gasteiger partial charge in [0.2, 0.25) is 0 Å². The SMILES string of the molecule is CC(C)=CCC/C(C)=C/C=C/C(C)CCCC(C)CC/C=C/C(C)/C=C/C=C(\C)CC/C=C(\C)CCC=C(C)C. The molecule has 0 aromatic heterocycles. The number of rotatable bonds is 21. The summed E-state index contributed by atoms with van der Waals surface area (Å²) in [5.41, 5.74) is 7.28. The summed E-state index contributed by atoms with van der Waals surface area (Å²) in [6, 6.07) is 0.